The summed E-state index contributed by atoms with van der Waals surface area (Å²) in [5, 5.41) is 11.4. The number of benzene rings is 2. The van der Waals surface area contributed by atoms with Crippen molar-refractivity contribution in [2.24, 2.45) is 0 Å². The van der Waals surface area contributed by atoms with Crippen LogP contribution in [-0.2, 0) is 20.7 Å². The first-order valence-electron chi connectivity index (χ1n) is 7.27. The number of carbonyl (C=O) groups is 2. The molecule has 122 valence electrons. The standard InChI is InChI=1S/C18H15IN2O3/c19-15-2-1-3-16(10-15)21-17(22)12-24-18(23)9-8-13-4-6-14(11-20)7-5-13/h1-7,10H,8-9,12H2,(H,21,22). The van der Waals surface area contributed by atoms with Crippen LogP contribution < -0.4 is 5.32 Å². The van der Waals surface area contributed by atoms with Gasteiger partial charge in [0.1, 0.15) is 0 Å². The highest BCUT2D eigenvalue weighted by Crippen LogP contribution is 2.12. The maximum Gasteiger partial charge on any atom is 0.306 e. The number of nitrogens with zero attached hydrogens (tertiary/aromatic N) is 1. The number of nitrogens with one attached hydrogen (secondary N) is 1. The van der Waals surface area contributed by atoms with Crippen molar-refractivity contribution in [1.29, 1.82) is 5.26 Å². The number of carbonyl (C=O) groups excluding carboxylic acids is 2. The molecular weight excluding hydrogens is 419 g/mol. The Balaban J connectivity index is 1.72. The summed E-state index contributed by atoms with van der Waals surface area (Å²) in [5.41, 5.74) is 2.18. The van der Waals surface area contributed by atoms with E-state index in [-0.39, 0.29) is 18.9 Å². The zero-order chi connectivity index (χ0) is 17.4. The molecule has 0 unspecified atom stereocenters. The smallest absolute Gasteiger partial charge is 0.306 e. The zero-order valence-electron chi connectivity index (χ0n) is 12.8. The third-order valence-electron chi connectivity index (χ3n) is 3.17. The molecular formula is C18H15IN2O3. The average molecular weight is 434 g/mol. The Kier molecular flexibility index (Phi) is 6.75. The highest BCUT2D eigenvalue weighted by molar-refractivity contribution is 14.1. The van der Waals surface area contributed by atoms with Gasteiger partial charge in [-0.25, -0.2) is 0 Å². The molecule has 1 amide bonds. The van der Waals surface area contributed by atoms with Crippen LogP contribution >= 0.6 is 22.6 Å². The molecule has 0 spiro atoms. The van der Waals surface area contributed by atoms with Crippen LogP contribution in [-0.4, -0.2) is 18.5 Å². The maximum absolute atomic E-state index is 11.8. The quantitative estimate of drug-likeness (QED) is 0.559. The van der Waals surface area contributed by atoms with Gasteiger partial charge in [-0.3, -0.25) is 9.59 Å². The van der Waals surface area contributed by atoms with Gasteiger partial charge in [0.05, 0.1) is 11.6 Å². The van der Waals surface area contributed by atoms with E-state index in [0.717, 1.165) is 9.13 Å². The SMILES string of the molecule is N#Cc1ccc(CCC(=O)OCC(=O)Nc2cccc(I)c2)cc1. The van der Waals surface area contributed by atoms with E-state index in [9.17, 15) is 9.59 Å². The molecule has 0 saturated carbocycles. The average Bonchev–Trinajstić information content (AvgIpc) is 2.58. The molecule has 5 nitrogen and oxygen atoms in total. The number of rotatable bonds is 6. The highest BCUT2D eigenvalue weighted by Gasteiger charge is 2.08. The summed E-state index contributed by atoms with van der Waals surface area (Å²) >= 11 is 2.15. The Bertz CT molecular complexity index is 767. The van der Waals surface area contributed by atoms with Gasteiger partial charge in [-0.15, -0.1) is 0 Å². The number of aryl methyl sites for hydroxylation is 1. The lowest BCUT2D eigenvalue weighted by molar-refractivity contribution is -0.147. The topological polar surface area (TPSA) is 79.2 Å². The van der Waals surface area contributed by atoms with Crippen molar-refractivity contribution in [3.8, 4) is 6.07 Å². The van der Waals surface area contributed by atoms with E-state index in [1.165, 1.54) is 0 Å². The van der Waals surface area contributed by atoms with E-state index in [1.807, 2.05) is 24.3 Å². The molecule has 0 heterocycles. The van der Waals surface area contributed by atoms with E-state index < -0.39 is 5.97 Å². The van der Waals surface area contributed by atoms with Crippen molar-refractivity contribution < 1.29 is 14.3 Å². The summed E-state index contributed by atoms with van der Waals surface area (Å²) in [7, 11) is 0. The van der Waals surface area contributed by atoms with E-state index in [1.54, 1.807) is 30.3 Å². The van der Waals surface area contributed by atoms with Gasteiger partial charge in [0.25, 0.3) is 5.91 Å². The van der Waals surface area contributed by atoms with Crippen LogP contribution in [0.2, 0.25) is 0 Å². The second-order valence-electron chi connectivity index (χ2n) is 5.03. The van der Waals surface area contributed by atoms with Crippen molar-refractivity contribution in [2.45, 2.75) is 12.8 Å². The molecule has 0 aromatic heterocycles. The molecule has 6 heteroatoms. The number of halogens is 1. The third kappa shape index (κ3) is 6.01. The van der Waals surface area contributed by atoms with Crippen LogP contribution in [0.3, 0.4) is 0 Å². The Morgan fingerprint density at radius 1 is 1.17 bits per heavy atom. The summed E-state index contributed by atoms with van der Waals surface area (Å²) in [6, 6.07) is 16.4. The van der Waals surface area contributed by atoms with E-state index in [0.29, 0.717) is 17.7 Å². The Morgan fingerprint density at radius 3 is 2.58 bits per heavy atom. The van der Waals surface area contributed by atoms with Crippen LogP contribution in [0.1, 0.15) is 17.5 Å². The molecule has 2 aromatic rings. The van der Waals surface area contributed by atoms with Crippen LogP contribution in [0.25, 0.3) is 0 Å². The summed E-state index contributed by atoms with van der Waals surface area (Å²) in [6.07, 6.45) is 0.686. The molecule has 2 rings (SSSR count). The number of nitriles is 1. The predicted octanol–water partition coefficient (Wildman–Crippen LogP) is 3.28. The van der Waals surface area contributed by atoms with Crippen LogP contribution in [0.5, 0.6) is 0 Å². The highest BCUT2D eigenvalue weighted by atomic mass is 127. The monoisotopic (exact) mass is 434 g/mol. The molecule has 0 fully saturated rings. The van der Waals surface area contributed by atoms with Crippen molar-refractivity contribution in [3.05, 3.63) is 63.2 Å². The van der Waals surface area contributed by atoms with Crippen molar-refractivity contribution in [3.63, 3.8) is 0 Å². The van der Waals surface area contributed by atoms with Crippen molar-refractivity contribution >= 4 is 40.2 Å². The zero-order valence-corrected chi connectivity index (χ0v) is 14.9. The van der Waals surface area contributed by atoms with Gasteiger partial charge >= 0.3 is 5.97 Å². The maximum atomic E-state index is 11.8. The minimum atomic E-state index is -0.433. The largest absolute Gasteiger partial charge is 0.456 e. The Hall–Kier alpha value is -2.40. The molecule has 0 atom stereocenters. The molecule has 0 saturated heterocycles. The van der Waals surface area contributed by atoms with Gasteiger partial charge in [-0.1, -0.05) is 18.2 Å². The van der Waals surface area contributed by atoms with Crippen LogP contribution in [0.4, 0.5) is 5.69 Å². The van der Waals surface area contributed by atoms with Gasteiger partial charge in [-0.05, 0) is 64.9 Å². The normalized spacial score (nSPS) is 9.83. The lowest BCUT2D eigenvalue weighted by atomic mass is 10.1. The van der Waals surface area contributed by atoms with Gasteiger partial charge in [0, 0.05) is 15.7 Å². The number of amides is 1. The number of hydrogen-bond acceptors (Lipinski definition) is 4. The molecule has 0 aliphatic heterocycles. The van der Waals surface area contributed by atoms with Gasteiger partial charge < -0.3 is 10.1 Å². The van der Waals surface area contributed by atoms with Gasteiger partial charge in [0.2, 0.25) is 0 Å². The van der Waals surface area contributed by atoms with Crippen molar-refractivity contribution in [1.82, 2.24) is 0 Å². The lowest BCUT2D eigenvalue weighted by Crippen LogP contribution is -2.21. The number of hydrogen-bond donors (Lipinski definition) is 1. The number of esters is 1. The van der Waals surface area contributed by atoms with E-state index >= 15 is 0 Å². The molecule has 2 aromatic carbocycles. The lowest BCUT2D eigenvalue weighted by Gasteiger charge is -2.07. The molecule has 0 aliphatic rings. The predicted molar refractivity (Wildman–Crippen MR) is 98.2 cm³/mol. The van der Waals surface area contributed by atoms with Gasteiger partial charge in [0.15, 0.2) is 6.61 Å². The fourth-order valence-electron chi connectivity index (χ4n) is 1.97. The molecule has 0 aliphatic carbocycles. The summed E-state index contributed by atoms with van der Waals surface area (Å²) in [4.78, 5) is 23.4. The molecule has 0 bridgehead atoms. The Labute approximate surface area is 153 Å². The summed E-state index contributed by atoms with van der Waals surface area (Å²) in [5.74, 6) is -0.805. The number of anilines is 1. The van der Waals surface area contributed by atoms with Crippen LogP contribution in [0, 0.1) is 14.9 Å². The second kappa shape index (κ2) is 9.03. The fourth-order valence-corrected chi connectivity index (χ4v) is 2.52. The molecule has 0 radical (unpaired) electrons. The number of ether oxygens (including phenoxy) is 1. The third-order valence-corrected chi connectivity index (χ3v) is 3.84. The summed E-state index contributed by atoms with van der Waals surface area (Å²) < 4.78 is 5.97. The van der Waals surface area contributed by atoms with Crippen molar-refractivity contribution in [2.75, 3.05) is 11.9 Å². The fraction of sp³-hybridized carbons (Fsp3) is 0.167. The first-order valence-corrected chi connectivity index (χ1v) is 8.35. The summed E-state index contributed by atoms with van der Waals surface area (Å²) in [6.45, 7) is -0.308. The Morgan fingerprint density at radius 2 is 1.92 bits per heavy atom. The first-order chi connectivity index (χ1) is 11.6. The minimum absolute atomic E-state index is 0.183. The van der Waals surface area contributed by atoms with E-state index in [4.69, 9.17) is 10.00 Å². The van der Waals surface area contributed by atoms with Crippen LogP contribution in [0.15, 0.2) is 48.5 Å². The molecule has 24 heavy (non-hydrogen) atoms. The van der Waals surface area contributed by atoms with Gasteiger partial charge in [-0.2, -0.15) is 5.26 Å². The molecule has 1 N–H and O–H groups in total. The minimum Gasteiger partial charge on any atom is -0.456 e. The first kappa shape index (κ1) is 17.9. The second-order valence-corrected chi connectivity index (χ2v) is 6.27. The van der Waals surface area contributed by atoms with E-state index in [2.05, 4.69) is 27.9 Å².